The van der Waals surface area contributed by atoms with Gasteiger partial charge in [0, 0.05) is 22.8 Å². The predicted molar refractivity (Wildman–Crippen MR) is 83.0 cm³/mol. The number of hydrogen-bond acceptors (Lipinski definition) is 4. The Labute approximate surface area is 124 Å². The molecule has 0 spiro atoms. The largest absolute Gasteiger partial charge is 0.468 e. The van der Waals surface area contributed by atoms with Crippen LogP contribution in [0.2, 0.25) is 0 Å². The average Bonchev–Trinajstić information content (AvgIpc) is 3.18. The zero-order valence-electron chi connectivity index (χ0n) is 12.0. The van der Waals surface area contributed by atoms with Gasteiger partial charge >= 0.3 is 0 Å². The van der Waals surface area contributed by atoms with Crippen LogP contribution >= 0.6 is 11.3 Å². The van der Waals surface area contributed by atoms with E-state index >= 15 is 0 Å². The van der Waals surface area contributed by atoms with Gasteiger partial charge in [0.1, 0.15) is 5.76 Å². The van der Waals surface area contributed by atoms with Crippen molar-refractivity contribution in [1.29, 1.82) is 0 Å². The summed E-state index contributed by atoms with van der Waals surface area (Å²) in [5.74, 6) is 1.08. The van der Waals surface area contributed by atoms with Crippen LogP contribution in [0.25, 0.3) is 0 Å². The van der Waals surface area contributed by atoms with Crippen LogP contribution in [0.1, 0.15) is 34.4 Å². The number of hydrogen-bond donors (Lipinski definition) is 1. The monoisotopic (exact) mass is 290 g/mol. The van der Waals surface area contributed by atoms with E-state index in [2.05, 4.69) is 35.3 Å². The van der Waals surface area contributed by atoms with Crippen molar-refractivity contribution in [3.8, 4) is 0 Å². The van der Waals surface area contributed by atoms with Crippen LogP contribution in [-0.2, 0) is 6.54 Å². The third-order valence-corrected chi connectivity index (χ3v) is 4.89. The maximum absolute atomic E-state index is 5.64. The molecule has 1 saturated heterocycles. The molecule has 4 heteroatoms. The molecule has 3 rings (SSSR count). The van der Waals surface area contributed by atoms with Crippen molar-refractivity contribution in [3.05, 3.63) is 46.0 Å². The maximum atomic E-state index is 5.64. The molecule has 1 fully saturated rings. The summed E-state index contributed by atoms with van der Waals surface area (Å²) < 4.78 is 5.64. The Hall–Kier alpha value is -1.10. The Morgan fingerprint density at radius 1 is 1.30 bits per heavy atom. The smallest absolute Gasteiger partial charge is 0.122 e. The second-order valence-electron chi connectivity index (χ2n) is 5.42. The van der Waals surface area contributed by atoms with Gasteiger partial charge in [-0.3, -0.25) is 4.90 Å². The van der Waals surface area contributed by atoms with Crippen LogP contribution in [-0.4, -0.2) is 24.5 Å². The van der Waals surface area contributed by atoms with Gasteiger partial charge < -0.3 is 9.73 Å². The molecule has 1 atom stereocenters. The van der Waals surface area contributed by atoms with Gasteiger partial charge in [-0.05, 0) is 57.1 Å². The number of furan rings is 1. The maximum Gasteiger partial charge on any atom is 0.122 e. The fraction of sp³-hybridized carbons (Fsp3) is 0.500. The number of nitrogens with one attached hydrogen (secondary N) is 1. The summed E-state index contributed by atoms with van der Waals surface area (Å²) in [5.41, 5.74) is 0. The van der Waals surface area contributed by atoms with Crippen LogP contribution in [0, 0.1) is 6.92 Å². The SMILES string of the molecule is Cc1ccc(CNCC(c2ccco2)N2CCCC2)s1. The molecule has 20 heavy (non-hydrogen) atoms. The number of likely N-dealkylation sites (tertiary alicyclic amines) is 1. The quantitative estimate of drug-likeness (QED) is 0.881. The summed E-state index contributed by atoms with van der Waals surface area (Å²) in [4.78, 5) is 5.32. The van der Waals surface area contributed by atoms with Gasteiger partial charge in [0.2, 0.25) is 0 Å². The normalized spacial score (nSPS) is 17.6. The van der Waals surface area contributed by atoms with Crippen LogP contribution in [0.15, 0.2) is 34.9 Å². The Bertz CT molecular complexity index is 514. The molecular formula is C16H22N2OS. The molecule has 1 aliphatic heterocycles. The number of nitrogens with zero attached hydrogens (tertiary/aromatic N) is 1. The van der Waals surface area contributed by atoms with E-state index < -0.39 is 0 Å². The molecule has 0 saturated carbocycles. The second-order valence-corrected chi connectivity index (χ2v) is 6.79. The highest BCUT2D eigenvalue weighted by Gasteiger charge is 2.24. The van der Waals surface area contributed by atoms with Gasteiger partial charge in [0.05, 0.1) is 12.3 Å². The summed E-state index contributed by atoms with van der Waals surface area (Å²) in [6, 6.07) is 8.85. The summed E-state index contributed by atoms with van der Waals surface area (Å²) in [6.07, 6.45) is 4.39. The predicted octanol–water partition coefficient (Wildman–Crippen LogP) is 3.58. The first-order chi connectivity index (χ1) is 9.83. The summed E-state index contributed by atoms with van der Waals surface area (Å²) in [6.45, 7) is 6.42. The lowest BCUT2D eigenvalue weighted by Crippen LogP contribution is -2.33. The minimum absolute atomic E-state index is 0.369. The molecule has 3 heterocycles. The van der Waals surface area contributed by atoms with E-state index in [0.717, 1.165) is 18.8 Å². The first-order valence-electron chi connectivity index (χ1n) is 7.36. The lowest BCUT2D eigenvalue weighted by molar-refractivity contribution is 0.209. The highest BCUT2D eigenvalue weighted by molar-refractivity contribution is 7.11. The zero-order chi connectivity index (χ0) is 13.8. The van der Waals surface area contributed by atoms with Crippen LogP contribution in [0.4, 0.5) is 0 Å². The molecule has 0 amide bonds. The molecule has 1 unspecified atom stereocenters. The molecule has 3 nitrogen and oxygen atoms in total. The van der Waals surface area contributed by atoms with Gasteiger partial charge in [0.25, 0.3) is 0 Å². The highest BCUT2D eigenvalue weighted by Crippen LogP contribution is 2.25. The molecule has 0 aromatic carbocycles. The zero-order valence-corrected chi connectivity index (χ0v) is 12.8. The van der Waals surface area contributed by atoms with Gasteiger partial charge in [-0.25, -0.2) is 0 Å². The fourth-order valence-electron chi connectivity index (χ4n) is 2.86. The van der Waals surface area contributed by atoms with E-state index in [4.69, 9.17) is 4.42 Å². The summed E-state index contributed by atoms with van der Waals surface area (Å²) in [5, 5.41) is 3.59. The van der Waals surface area contributed by atoms with E-state index in [0.29, 0.717) is 6.04 Å². The fourth-order valence-corrected chi connectivity index (χ4v) is 3.72. The third kappa shape index (κ3) is 3.32. The average molecular weight is 290 g/mol. The molecule has 0 radical (unpaired) electrons. The Morgan fingerprint density at radius 2 is 2.15 bits per heavy atom. The number of rotatable bonds is 6. The number of thiophene rings is 1. The van der Waals surface area contributed by atoms with Crippen molar-refractivity contribution >= 4 is 11.3 Å². The topological polar surface area (TPSA) is 28.4 Å². The van der Waals surface area contributed by atoms with Crippen molar-refractivity contribution in [1.82, 2.24) is 10.2 Å². The van der Waals surface area contributed by atoms with Gasteiger partial charge in [-0.1, -0.05) is 0 Å². The van der Waals surface area contributed by atoms with Crippen molar-refractivity contribution in [3.63, 3.8) is 0 Å². The lowest BCUT2D eigenvalue weighted by Gasteiger charge is -2.26. The lowest BCUT2D eigenvalue weighted by atomic mass is 10.2. The standard InChI is InChI=1S/C16H22N2OS/c1-13-6-7-14(20-13)11-17-12-15(16-5-4-10-19-16)18-8-2-3-9-18/h4-7,10,15,17H,2-3,8-9,11-12H2,1H3. The van der Waals surface area contributed by atoms with E-state index in [9.17, 15) is 0 Å². The molecule has 1 aliphatic rings. The van der Waals surface area contributed by atoms with Crippen molar-refractivity contribution in [2.75, 3.05) is 19.6 Å². The van der Waals surface area contributed by atoms with Gasteiger partial charge in [-0.2, -0.15) is 0 Å². The van der Waals surface area contributed by atoms with E-state index in [1.165, 1.54) is 35.7 Å². The van der Waals surface area contributed by atoms with Crippen molar-refractivity contribution < 1.29 is 4.42 Å². The Balaban J connectivity index is 1.58. The molecule has 0 aliphatic carbocycles. The molecule has 108 valence electrons. The molecule has 2 aromatic heterocycles. The van der Waals surface area contributed by atoms with Crippen molar-refractivity contribution in [2.45, 2.75) is 32.4 Å². The van der Waals surface area contributed by atoms with Gasteiger partial charge in [0.15, 0.2) is 0 Å². The van der Waals surface area contributed by atoms with Crippen LogP contribution in [0.3, 0.4) is 0 Å². The van der Waals surface area contributed by atoms with Gasteiger partial charge in [-0.15, -0.1) is 11.3 Å². The van der Waals surface area contributed by atoms with E-state index in [1.807, 2.05) is 17.4 Å². The molecular weight excluding hydrogens is 268 g/mol. The van der Waals surface area contributed by atoms with E-state index in [1.54, 1.807) is 6.26 Å². The molecule has 0 bridgehead atoms. The number of aryl methyl sites for hydroxylation is 1. The first-order valence-corrected chi connectivity index (χ1v) is 8.18. The van der Waals surface area contributed by atoms with Crippen LogP contribution in [0.5, 0.6) is 0 Å². The highest BCUT2D eigenvalue weighted by atomic mass is 32.1. The van der Waals surface area contributed by atoms with E-state index in [-0.39, 0.29) is 0 Å². The van der Waals surface area contributed by atoms with Crippen LogP contribution < -0.4 is 5.32 Å². The molecule has 1 N–H and O–H groups in total. The summed E-state index contributed by atoms with van der Waals surface area (Å²) in [7, 11) is 0. The molecule has 2 aromatic rings. The minimum atomic E-state index is 0.369. The minimum Gasteiger partial charge on any atom is -0.468 e. The second kappa shape index (κ2) is 6.57. The Morgan fingerprint density at radius 3 is 2.80 bits per heavy atom. The van der Waals surface area contributed by atoms with Crippen molar-refractivity contribution in [2.24, 2.45) is 0 Å². The summed E-state index contributed by atoms with van der Waals surface area (Å²) >= 11 is 1.87. The Kier molecular flexibility index (Phi) is 4.55. The third-order valence-electron chi connectivity index (χ3n) is 3.89. The first kappa shape index (κ1) is 13.9.